The number of hydrogen-bond acceptors (Lipinski definition) is 4. The van der Waals surface area contributed by atoms with Crippen molar-refractivity contribution in [3.8, 4) is 0 Å². The van der Waals surface area contributed by atoms with E-state index in [9.17, 15) is 4.79 Å². The first kappa shape index (κ1) is 20.2. The molecule has 3 rings (SSSR count). The van der Waals surface area contributed by atoms with Gasteiger partial charge >= 0.3 is 5.97 Å². The van der Waals surface area contributed by atoms with Crippen LogP contribution in [0, 0.1) is 5.92 Å². The number of rotatable bonds is 6. The fraction of sp³-hybridized carbons (Fsp3) is 0.545. The molecule has 152 valence electrons. The molecule has 1 unspecified atom stereocenters. The second-order valence-corrected chi connectivity index (χ2v) is 7.25. The fourth-order valence-electron chi connectivity index (χ4n) is 3.75. The second kappa shape index (κ2) is 10.2. The predicted molar refractivity (Wildman–Crippen MR) is 114 cm³/mol. The van der Waals surface area contributed by atoms with Gasteiger partial charge in [0.25, 0.3) is 0 Å². The first-order chi connectivity index (χ1) is 13.7. The second-order valence-electron chi connectivity index (χ2n) is 7.25. The van der Waals surface area contributed by atoms with Crippen LogP contribution in [0.15, 0.2) is 41.4 Å². The van der Waals surface area contributed by atoms with E-state index in [1.165, 1.54) is 11.3 Å². The minimum Gasteiger partial charge on any atom is -0.466 e. The number of piperidine rings is 1. The third-order valence-electron chi connectivity index (χ3n) is 5.18. The maximum absolute atomic E-state index is 12.1. The minimum atomic E-state index is -0.0880. The number of hydrogen-bond donors (Lipinski definition) is 1. The number of anilines is 1. The van der Waals surface area contributed by atoms with Crippen LogP contribution in [-0.4, -0.2) is 56.2 Å². The number of aliphatic imine (C=N–C) groups is 1. The van der Waals surface area contributed by atoms with Crippen molar-refractivity contribution < 1.29 is 9.53 Å². The van der Waals surface area contributed by atoms with Gasteiger partial charge in [0.2, 0.25) is 0 Å². The molecule has 2 aliphatic heterocycles. The number of carbonyl (C=O) groups excluding carboxylic acids is 1. The Morgan fingerprint density at radius 2 is 2.11 bits per heavy atom. The Balaban J connectivity index is 1.67. The van der Waals surface area contributed by atoms with E-state index in [0.717, 1.165) is 45.0 Å². The summed E-state index contributed by atoms with van der Waals surface area (Å²) in [6.07, 6.45) is 6.26. The van der Waals surface area contributed by atoms with E-state index in [1.54, 1.807) is 0 Å². The third-order valence-corrected chi connectivity index (χ3v) is 5.18. The van der Waals surface area contributed by atoms with Gasteiger partial charge in [0.1, 0.15) is 0 Å². The topological polar surface area (TPSA) is 57.2 Å². The lowest BCUT2D eigenvalue weighted by Crippen LogP contribution is -2.48. The fourth-order valence-corrected chi connectivity index (χ4v) is 3.75. The molecular weight excluding hydrogens is 352 g/mol. The Kier molecular flexibility index (Phi) is 7.34. The Labute approximate surface area is 168 Å². The van der Waals surface area contributed by atoms with Crippen LogP contribution in [0.4, 0.5) is 5.69 Å². The lowest BCUT2D eigenvalue weighted by atomic mass is 9.98. The number of carbonyl (C=O) groups is 1. The highest BCUT2D eigenvalue weighted by Crippen LogP contribution is 2.20. The van der Waals surface area contributed by atoms with Crippen molar-refractivity contribution in [2.24, 2.45) is 10.9 Å². The minimum absolute atomic E-state index is 0.0662. The SMILES string of the molecule is CCNC(=NCc1cccc(N2CC=CC2)c1)N1CCCC(C(=O)OCC)C1. The highest BCUT2D eigenvalue weighted by atomic mass is 16.5. The zero-order valence-electron chi connectivity index (χ0n) is 17.1. The molecule has 28 heavy (non-hydrogen) atoms. The van der Waals surface area contributed by atoms with E-state index in [2.05, 4.69) is 58.5 Å². The van der Waals surface area contributed by atoms with Gasteiger partial charge in [0, 0.05) is 38.4 Å². The van der Waals surface area contributed by atoms with E-state index in [-0.39, 0.29) is 11.9 Å². The zero-order chi connectivity index (χ0) is 19.8. The Hall–Kier alpha value is -2.50. The molecule has 0 spiro atoms. The van der Waals surface area contributed by atoms with Gasteiger partial charge in [-0.1, -0.05) is 24.3 Å². The van der Waals surface area contributed by atoms with Gasteiger partial charge in [-0.3, -0.25) is 4.79 Å². The lowest BCUT2D eigenvalue weighted by Gasteiger charge is -2.34. The molecule has 1 N–H and O–H groups in total. The van der Waals surface area contributed by atoms with Gasteiger partial charge in [0.15, 0.2) is 5.96 Å². The lowest BCUT2D eigenvalue weighted by molar-refractivity contribution is -0.149. The number of guanidine groups is 1. The molecule has 0 bridgehead atoms. The summed E-state index contributed by atoms with van der Waals surface area (Å²) in [4.78, 5) is 21.5. The highest BCUT2D eigenvalue weighted by Gasteiger charge is 2.28. The summed E-state index contributed by atoms with van der Waals surface area (Å²) in [6, 6.07) is 8.60. The number of nitrogens with one attached hydrogen (secondary N) is 1. The monoisotopic (exact) mass is 384 g/mol. The van der Waals surface area contributed by atoms with Gasteiger partial charge in [-0.05, 0) is 44.4 Å². The third kappa shape index (κ3) is 5.27. The van der Waals surface area contributed by atoms with E-state index < -0.39 is 0 Å². The van der Waals surface area contributed by atoms with Crippen molar-refractivity contribution >= 4 is 17.6 Å². The van der Waals surface area contributed by atoms with Crippen LogP contribution in [0.3, 0.4) is 0 Å². The molecule has 1 saturated heterocycles. The van der Waals surface area contributed by atoms with Crippen LogP contribution in [-0.2, 0) is 16.1 Å². The molecule has 1 atom stereocenters. The van der Waals surface area contributed by atoms with Crippen LogP contribution >= 0.6 is 0 Å². The van der Waals surface area contributed by atoms with Crippen LogP contribution in [0.25, 0.3) is 0 Å². The number of esters is 1. The Morgan fingerprint density at radius 1 is 1.29 bits per heavy atom. The average Bonchev–Trinajstić information content (AvgIpc) is 3.26. The van der Waals surface area contributed by atoms with Crippen LogP contribution in [0.5, 0.6) is 0 Å². The quantitative estimate of drug-likeness (QED) is 0.354. The number of benzene rings is 1. The van der Waals surface area contributed by atoms with Crippen molar-refractivity contribution in [1.82, 2.24) is 10.2 Å². The molecule has 1 aromatic carbocycles. The van der Waals surface area contributed by atoms with Crippen molar-refractivity contribution in [1.29, 1.82) is 0 Å². The van der Waals surface area contributed by atoms with Crippen molar-refractivity contribution in [3.63, 3.8) is 0 Å². The summed E-state index contributed by atoms with van der Waals surface area (Å²) in [5.41, 5.74) is 2.43. The zero-order valence-corrected chi connectivity index (χ0v) is 17.1. The Morgan fingerprint density at radius 3 is 2.86 bits per heavy atom. The van der Waals surface area contributed by atoms with E-state index in [4.69, 9.17) is 9.73 Å². The maximum atomic E-state index is 12.1. The molecule has 0 aliphatic carbocycles. The van der Waals surface area contributed by atoms with Gasteiger partial charge in [-0.25, -0.2) is 4.99 Å². The van der Waals surface area contributed by atoms with E-state index in [1.807, 2.05) is 6.92 Å². The van der Waals surface area contributed by atoms with Crippen LogP contribution < -0.4 is 10.2 Å². The molecular formula is C22H32N4O2. The van der Waals surface area contributed by atoms with Gasteiger partial charge in [0.05, 0.1) is 19.1 Å². The molecule has 0 aromatic heterocycles. The van der Waals surface area contributed by atoms with Gasteiger partial charge in [-0.2, -0.15) is 0 Å². The number of nitrogens with zero attached hydrogens (tertiary/aromatic N) is 3. The van der Waals surface area contributed by atoms with Crippen LogP contribution in [0.1, 0.15) is 32.3 Å². The predicted octanol–water partition coefficient (Wildman–Crippen LogP) is 2.80. The molecule has 6 heteroatoms. The molecule has 2 heterocycles. The molecule has 0 amide bonds. The van der Waals surface area contributed by atoms with E-state index >= 15 is 0 Å². The molecule has 0 radical (unpaired) electrons. The number of ether oxygens (including phenoxy) is 1. The van der Waals surface area contributed by atoms with Crippen LogP contribution in [0.2, 0.25) is 0 Å². The highest BCUT2D eigenvalue weighted by molar-refractivity contribution is 5.81. The summed E-state index contributed by atoms with van der Waals surface area (Å²) in [5.74, 6) is 0.725. The average molecular weight is 385 g/mol. The largest absolute Gasteiger partial charge is 0.466 e. The Bertz CT molecular complexity index is 708. The molecule has 1 fully saturated rings. The van der Waals surface area contributed by atoms with Crippen molar-refractivity contribution in [2.45, 2.75) is 33.2 Å². The van der Waals surface area contributed by atoms with E-state index in [0.29, 0.717) is 19.7 Å². The summed E-state index contributed by atoms with van der Waals surface area (Å²) in [6.45, 7) is 9.32. The summed E-state index contributed by atoms with van der Waals surface area (Å²) in [5, 5.41) is 3.39. The van der Waals surface area contributed by atoms with Crippen molar-refractivity contribution in [3.05, 3.63) is 42.0 Å². The smallest absolute Gasteiger partial charge is 0.310 e. The number of likely N-dealkylation sites (tertiary alicyclic amines) is 1. The first-order valence-electron chi connectivity index (χ1n) is 10.4. The molecule has 2 aliphatic rings. The summed E-state index contributed by atoms with van der Waals surface area (Å²) >= 11 is 0. The summed E-state index contributed by atoms with van der Waals surface area (Å²) < 4.78 is 5.22. The molecule has 1 aromatic rings. The normalized spacial score (nSPS) is 19.8. The van der Waals surface area contributed by atoms with Crippen molar-refractivity contribution in [2.75, 3.05) is 44.2 Å². The summed E-state index contributed by atoms with van der Waals surface area (Å²) in [7, 11) is 0. The molecule has 0 saturated carbocycles. The maximum Gasteiger partial charge on any atom is 0.310 e. The standard InChI is InChI=1S/C22H32N4O2/c1-3-23-22(26-14-8-10-19(17-26)21(27)28-4-2)24-16-18-9-7-11-20(15-18)25-12-5-6-13-25/h5-7,9,11,15,19H,3-4,8,10,12-14,16-17H2,1-2H3,(H,23,24). The van der Waals surface area contributed by atoms with Gasteiger partial charge in [-0.15, -0.1) is 0 Å². The molecule has 6 nitrogen and oxygen atoms in total. The first-order valence-corrected chi connectivity index (χ1v) is 10.4. The van der Waals surface area contributed by atoms with Gasteiger partial charge < -0.3 is 19.9 Å².